The van der Waals surface area contributed by atoms with Gasteiger partial charge in [0.25, 0.3) is 0 Å². The molecule has 0 atom stereocenters. The van der Waals surface area contributed by atoms with Gasteiger partial charge in [0.15, 0.2) is 5.13 Å². The normalized spacial score (nSPS) is 10.2. The van der Waals surface area contributed by atoms with Gasteiger partial charge < -0.3 is 11.1 Å². The molecule has 0 bridgehead atoms. The van der Waals surface area contributed by atoms with Crippen LogP contribution in [0.5, 0.6) is 0 Å². The molecule has 3 nitrogen and oxygen atoms in total. The van der Waals surface area contributed by atoms with Crippen LogP contribution in [-0.2, 0) is 0 Å². The second kappa shape index (κ2) is 4.81. The smallest absolute Gasteiger partial charge is 0.187 e. The number of aryl methyl sites for hydroxylation is 2. The van der Waals surface area contributed by atoms with Gasteiger partial charge in [-0.05, 0) is 26.0 Å². The van der Waals surface area contributed by atoms with E-state index >= 15 is 0 Å². The molecular weight excluding hydrogens is 250 g/mol. The summed E-state index contributed by atoms with van der Waals surface area (Å²) in [6, 6.07) is 5.97. The summed E-state index contributed by atoms with van der Waals surface area (Å²) >= 11 is 6.65. The molecule has 1 heterocycles. The molecule has 5 heteroatoms. The van der Waals surface area contributed by atoms with E-state index in [9.17, 15) is 0 Å². The van der Waals surface area contributed by atoms with Gasteiger partial charge in [-0.2, -0.15) is 0 Å². The highest BCUT2D eigenvalue weighted by Crippen LogP contribution is 2.25. The number of nitrogens with two attached hydrogens (primary N) is 1. The van der Waals surface area contributed by atoms with Crippen LogP contribution in [0.25, 0.3) is 0 Å². The minimum Gasteiger partial charge on any atom is -0.389 e. The largest absolute Gasteiger partial charge is 0.389 e. The molecule has 0 aliphatic rings. The predicted molar refractivity (Wildman–Crippen MR) is 77.2 cm³/mol. The van der Waals surface area contributed by atoms with Gasteiger partial charge in [0.05, 0.1) is 5.69 Å². The van der Waals surface area contributed by atoms with Crippen molar-refractivity contribution in [1.82, 2.24) is 4.98 Å². The molecule has 3 N–H and O–H groups in total. The van der Waals surface area contributed by atoms with Crippen molar-refractivity contribution in [3.05, 3.63) is 40.4 Å². The second-order valence-electron chi connectivity index (χ2n) is 3.81. The Morgan fingerprint density at radius 2 is 2.18 bits per heavy atom. The molecule has 2 rings (SSSR count). The maximum Gasteiger partial charge on any atom is 0.187 e. The van der Waals surface area contributed by atoms with E-state index in [1.807, 2.05) is 38.2 Å². The molecule has 0 aliphatic carbocycles. The highest BCUT2D eigenvalue weighted by Gasteiger charge is 2.07. The number of rotatable bonds is 3. The number of thiazole rings is 1. The summed E-state index contributed by atoms with van der Waals surface area (Å²) in [7, 11) is 0. The Bertz CT molecular complexity index is 561. The molecule has 0 spiro atoms. The molecule has 0 saturated heterocycles. The van der Waals surface area contributed by atoms with Crippen LogP contribution >= 0.6 is 23.6 Å². The number of anilines is 2. The van der Waals surface area contributed by atoms with Crippen molar-refractivity contribution >= 4 is 39.4 Å². The van der Waals surface area contributed by atoms with Crippen molar-refractivity contribution in [3.8, 4) is 0 Å². The molecule has 88 valence electrons. The molecule has 0 aliphatic heterocycles. The van der Waals surface area contributed by atoms with Crippen molar-refractivity contribution in [3.63, 3.8) is 0 Å². The summed E-state index contributed by atoms with van der Waals surface area (Å²) in [6.45, 7) is 4.03. The van der Waals surface area contributed by atoms with Gasteiger partial charge in [0.1, 0.15) is 4.99 Å². The monoisotopic (exact) mass is 263 g/mol. The number of nitrogens with one attached hydrogen (secondary N) is 1. The zero-order valence-electron chi connectivity index (χ0n) is 9.65. The van der Waals surface area contributed by atoms with Crippen LogP contribution in [0.15, 0.2) is 24.4 Å². The standard InChI is InChI=1S/C12H13N3S2/c1-7-3-4-10(9(5-7)11(13)16)15-12-14-6-8(2)17-12/h3-6H,1-2H3,(H2,13,16)(H,14,15). The summed E-state index contributed by atoms with van der Waals surface area (Å²) in [6.07, 6.45) is 1.83. The third-order valence-corrected chi connectivity index (χ3v) is 3.35. The molecule has 0 saturated carbocycles. The average Bonchev–Trinajstić information content (AvgIpc) is 2.66. The Balaban J connectivity index is 2.35. The summed E-state index contributed by atoms with van der Waals surface area (Å²) in [4.78, 5) is 5.81. The van der Waals surface area contributed by atoms with E-state index in [0.717, 1.165) is 26.8 Å². The van der Waals surface area contributed by atoms with E-state index < -0.39 is 0 Å². The van der Waals surface area contributed by atoms with E-state index in [1.165, 1.54) is 0 Å². The quantitative estimate of drug-likeness (QED) is 0.835. The van der Waals surface area contributed by atoms with Crippen LogP contribution in [0.1, 0.15) is 16.0 Å². The van der Waals surface area contributed by atoms with Gasteiger partial charge in [0, 0.05) is 16.6 Å². The molecular formula is C12H13N3S2. The van der Waals surface area contributed by atoms with Gasteiger partial charge in [-0.25, -0.2) is 4.98 Å². The lowest BCUT2D eigenvalue weighted by Crippen LogP contribution is -2.12. The van der Waals surface area contributed by atoms with Crippen molar-refractivity contribution in [2.24, 2.45) is 5.73 Å². The topological polar surface area (TPSA) is 50.9 Å². The van der Waals surface area contributed by atoms with Gasteiger partial charge in [0.2, 0.25) is 0 Å². The molecule has 0 fully saturated rings. The lowest BCUT2D eigenvalue weighted by atomic mass is 10.1. The Hall–Kier alpha value is -1.46. The first kappa shape index (κ1) is 12.0. The maximum atomic E-state index is 5.72. The molecule has 0 unspecified atom stereocenters. The van der Waals surface area contributed by atoms with E-state index in [-0.39, 0.29) is 0 Å². The van der Waals surface area contributed by atoms with Gasteiger partial charge in [-0.1, -0.05) is 23.8 Å². The van der Waals surface area contributed by atoms with Crippen LogP contribution in [-0.4, -0.2) is 9.97 Å². The molecule has 0 amide bonds. The zero-order chi connectivity index (χ0) is 12.4. The lowest BCUT2D eigenvalue weighted by molar-refractivity contribution is 1.36. The van der Waals surface area contributed by atoms with E-state index in [1.54, 1.807) is 11.3 Å². The zero-order valence-corrected chi connectivity index (χ0v) is 11.3. The molecule has 1 aromatic carbocycles. The molecule has 1 aromatic heterocycles. The van der Waals surface area contributed by atoms with E-state index in [0.29, 0.717) is 4.99 Å². The highest BCUT2D eigenvalue weighted by atomic mass is 32.1. The fourth-order valence-corrected chi connectivity index (χ4v) is 2.34. The second-order valence-corrected chi connectivity index (χ2v) is 5.49. The Morgan fingerprint density at radius 1 is 1.41 bits per heavy atom. The van der Waals surface area contributed by atoms with E-state index in [4.69, 9.17) is 18.0 Å². The molecule has 17 heavy (non-hydrogen) atoms. The first-order chi connectivity index (χ1) is 8.06. The summed E-state index contributed by atoms with van der Waals surface area (Å²) < 4.78 is 0. The van der Waals surface area contributed by atoms with Crippen molar-refractivity contribution in [2.45, 2.75) is 13.8 Å². The average molecular weight is 263 g/mol. The Kier molecular flexibility index (Phi) is 3.40. The number of nitrogens with zero attached hydrogens (tertiary/aromatic N) is 1. The molecule has 2 aromatic rings. The van der Waals surface area contributed by atoms with Crippen molar-refractivity contribution < 1.29 is 0 Å². The van der Waals surface area contributed by atoms with Crippen molar-refractivity contribution in [2.75, 3.05) is 5.32 Å². The first-order valence-corrected chi connectivity index (χ1v) is 6.38. The summed E-state index contributed by atoms with van der Waals surface area (Å²) in [5.41, 5.74) is 8.60. The maximum absolute atomic E-state index is 5.72. The van der Waals surface area contributed by atoms with Crippen LogP contribution in [0.4, 0.5) is 10.8 Å². The number of hydrogen-bond acceptors (Lipinski definition) is 4. The van der Waals surface area contributed by atoms with Crippen LogP contribution in [0.2, 0.25) is 0 Å². The highest BCUT2D eigenvalue weighted by molar-refractivity contribution is 7.80. The minimum atomic E-state index is 0.393. The number of hydrogen-bond donors (Lipinski definition) is 2. The lowest BCUT2D eigenvalue weighted by Gasteiger charge is -2.09. The Morgan fingerprint density at radius 3 is 2.76 bits per heavy atom. The Labute approximate surface area is 110 Å². The number of aromatic nitrogens is 1. The third kappa shape index (κ3) is 2.81. The van der Waals surface area contributed by atoms with Crippen LogP contribution in [0, 0.1) is 13.8 Å². The van der Waals surface area contributed by atoms with Gasteiger partial charge >= 0.3 is 0 Å². The predicted octanol–water partition coefficient (Wildman–Crippen LogP) is 3.14. The number of thiocarbonyl (C=S) groups is 1. The van der Waals surface area contributed by atoms with Crippen LogP contribution in [0.3, 0.4) is 0 Å². The fourth-order valence-electron chi connectivity index (χ4n) is 1.50. The minimum absolute atomic E-state index is 0.393. The fraction of sp³-hybridized carbons (Fsp3) is 0.167. The van der Waals surface area contributed by atoms with E-state index in [2.05, 4.69) is 10.3 Å². The van der Waals surface area contributed by atoms with Crippen molar-refractivity contribution in [1.29, 1.82) is 0 Å². The number of benzene rings is 1. The molecule has 0 radical (unpaired) electrons. The SMILES string of the molecule is Cc1ccc(Nc2ncc(C)s2)c(C(N)=S)c1. The summed E-state index contributed by atoms with van der Waals surface area (Å²) in [5.74, 6) is 0. The van der Waals surface area contributed by atoms with Gasteiger partial charge in [-0.3, -0.25) is 0 Å². The van der Waals surface area contributed by atoms with Crippen LogP contribution < -0.4 is 11.1 Å². The van der Waals surface area contributed by atoms with Gasteiger partial charge in [-0.15, -0.1) is 11.3 Å². The first-order valence-electron chi connectivity index (χ1n) is 5.16. The summed E-state index contributed by atoms with van der Waals surface area (Å²) in [5, 5.41) is 4.09. The third-order valence-electron chi connectivity index (χ3n) is 2.30.